The van der Waals surface area contributed by atoms with Gasteiger partial charge in [0, 0.05) is 19.7 Å². The smallest absolute Gasteiger partial charge is 0.263 e. The van der Waals surface area contributed by atoms with Gasteiger partial charge >= 0.3 is 0 Å². The lowest BCUT2D eigenvalue weighted by atomic mass is 10.3. The molecule has 2 heterocycles. The van der Waals surface area contributed by atoms with Crippen LogP contribution in [0.4, 0.5) is 11.6 Å². The zero-order chi connectivity index (χ0) is 17.0. The molecule has 1 aromatic carbocycles. The monoisotopic (exact) mass is 352 g/mol. The van der Waals surface area contributed by atoms with Crippen LogP contribution in [0.3, 0.4) is 0 Å². The molecule has 0 bridgehead atoms. The first-order valence-corrected chi connectivity index (χ1v) is 8.56. The molecule has 1 aliphatic heterocycles. The Morgan fingerprint density at radius 2 is 1.88 bits per heavy atom. The second-order valence-electron chi connectivity index (χ2n) is 4.84. The summed E-state index contributed by atoms with van der Waals surface area (Å²) in [5.74, 6) is 1.55. The summed E-state index contributed by atoms with van der Waals surface area (Å²) in [6, 6.07) is 7.53. The van der Waals surface area contributed by atoms with E-state index in [1.54, 1.807) is 19.2 Å². The molecular weight excluding hydrogens is 336 g/mol. The van der Waals surface area contributed by atoms with E-state index in [9.17, 15) is 8.42 Å². The van der Waals surface area contributed by atoms with Crippen molar-refractivity contribution in [2.45, 2.75) is 4.90 Å². The third-order valence-corrected chi connectivity index (χ3v) is 4.52. The van der Waals surface area contributed by atoms with Crippen molar-refractivity contribution in [3.8, 4) is 11.5 Å². The van der Waals surface area contributed by atoms with Crippen LogP contribution in [-0.2, 0) is 14.8 Å². The number of fused-ring (bicyclic) bond motifs is 1. The maximum Gasteiger partial charge on any atom is 0.263 e. The lowest BCUT2D eigenvalue weighted by Crippen LogP contribution is -2.15. The van der Waals surface area contributed by atoms with E-state index >= 15 is 0 Å². The van der Waals surface area contributed by atoms with Gasteiger partial charge in [-0.05, 0) is 24.3 Å². The van der Waals surface area contributed by atoms with E-state index < -0.39 is 10.0 Å². The summed E-state index contributed by atoms with van der Waals surface area (Å²) < 4.78 is 42.4. The summed E-state index contributed by atoms with van der Waals surface area (Å²) in [5.41, 5.74) is 0. The molecule has 1 aliphatic rings. The molecule has 0 aliphatic carbocycles. The predicted molar refractivity (Wildman–Crippen MR) is 85.8 cm³/mol. The van der Waals surface area contributed by atoms with Gasteiger partial charge in [0.2, 0.25) is 6.79 Å². The molecule has 2 aromatic rings. The van der Waals surface area contributed by atoms with Crippen molar-refractivity contribution in [3.05, 3.63) is 30.3 Å². The van der Waals surface area contributed by atoms with Crippen molar-refractivity contribution in [3.63, 3.8) is 0 Å². The van der Waals surface area contributed by atoms with E-state index in [1.807, 2.05) is 0 Å². The van der Waals surface area contributed by atoms with Gasteiger partial charge in [0.15, 0.2) is 17.3 Å². The summed E-state index contributed by atoms with van der Waals surface area (Å²) in [7, 11) is -2.20. The number of hydrogen-bond donors (Lipinski definition) is 2. The lowest BCUT2D eigenvalue weighted by molar-refractivity contribution is 0.174. The van der Waals surface area contributed by atoms with Gasteiger partial charge < -0.3 is 19.5 Å². The minimum absolute atomic E-state index is 0.0517. The van der Waals surface area contributed by atoms with Gasteiger partial charge in [-0.2, -0.15) is 0 Å². The van der Waals surface area contributed by atoms with E-state index in [4.69, 9.17) is 14.2 Å². The summed E-state index contributed by atoms with van der Waals surface area (Å²) in [4.78, 5) is 0.0517. The summed E-state index contributed by atoms with van der Waals surface area (Å²) in [6.45, 7) is 1.18. The first-order chi connectivity index (χ1) is 11.6. The average Bonchev–Trinajstić information content (AvgIpc) is 3.04. The summed E-state index contributed by atoms with van der Waals surface area (Å²) >= 11 is 0. The molecule has 10 heteroatoms. The number of methoxy groups -OCH3 is 1. The fraction of sp³-hybridized carbons (Fsp3) is 0.286. The highest BCUT2D eigenvalue weighted by Gasteiger charge is 2.20. The van der Waals surface area contributed by atoms with Crippen molar-refractivity contribution in [2.75, 3.05) is 37.1 Å². The molecule has 9 nitrogen and oxygen atoms in total. The van der Waals surface area contributed by atoms with Crippen molar-refractivity contribution < 1.29 is 22.6 Å². The van der Waals surface area contributed by atoms with Crippen LogP contribution in [0.15, 0.2) is 35.2 Å². The van der Waals surface area contributed by atoms with E-state index in [1.165, 1.54) is 18.2 Å². The van der Waals surface area contributed by atoms with Crippen molar-refractivity contribution >= 4 is 21.7 Å². The maximum absolute atomic E-state index is 12.4. The van der Waals surface area contributed by atoms with Crippen molar-refractivity contribution in [1.82, 2.24) is 10.2 Å². The topological polar surface area (TPSA) is 112 Å². The number of nitrogens with one attached hydrogen (secondary N) is 2. The molecule has 2 N–H and O–H groups in total. The van der Waals surface area contributed by atoms with Gasteiger partial charge in [-0.3, -0.25) is 4.72 Å². The molecule has 3 rings (SSSR count). The minimum atomic E-state index is -3.80. The zero-order valence-electron chi connectivity index (χ0n) is 12.9. The van der Waals surface area contributed by atoms with Gasteiger partial charge in [0.1, 0.15) is 5.82 Å². The molecule has 0 fully saturated rings. The average molecular weight is 352 g/mol. The Labute approximate surface area is 139 Å². The molecule has 0 spiro atoms. The standard InChI is InChI=1S/C14H16N4O5S/c1-21-7-6-15-13-4-5-14(17-16-13)18-24(19,20)10-2-3-11-12(8-10)23-9-22-11/h2-5,8H,6-7,9H2,1H3,(H,15,16)(H,17,18). The van der Waals surface area contributed by atoms with Crippen LogP contribution >= 0.6 is 0 Å². The second kappa shape index (κ2) is 6.89. The number of anilines is 2. The Kier molecular flexibility index (Phi) is 4.67. The van der Waals surface area contributed by atoms with Gasteiger partial charge in [-0.15, -0.1) is 10.2 Å². The Morgan fingerprint density at radius 1 is 1.12 bits per heavy atom. The number of hydrogen-bond acceptors (Lipinski definition) is 8. The van der Waals surface area contributed by atoms with Crippen LogP contribution in [0.5, 0.6) is 11.5 Å². The number of benzene rings is 1. The molecule has 0 saturated heterocycles. The molecule has 0 unspecified atom stereocenters. The van der Waals surface area contributed by atoms with E-state index in [0.29, 0.717) is 30.5 Å². The van der Waals surface area contributed by atoms with Crippen LogP contribution in [0, 0.1) is 0 Å². The lowest BCUT2D eigenvalue weighted by Gasteiger charge is -2.08. The van der Waals surface area contributed by atoms with Crippen LogP contribution in [-0.4, -0.2) is 45.7 Å². The Balaban J connectivity index is 1.70. The Morgan fingerprint density at radius 3 is 2.62 bits per heavy atom. The predicted octanol–water partition coefficient (Wildman–Crippen LogP) is 1.06. The van der Waals surface area contributed by atoms with Crippen LogP contribution in [0.1, 0.15) is 0 Å². The zero-order valence-corrected chi connectivity index (χ0v) is 13.7. The fourth-order valence-corrected chi connectivity index (χ4v) is 3.01. The molecule has 24 heavy (non-hydrogen) atoms. The van der Waals surface area contributed by atoms with Gasteiger partial charge in [0.25, 0.3) is 10.0 Å². The number of rotatable bonds is 7. The van der Waals surface area contributed by atoms with E-state index in [2.05, 4.69) is 20.2 Å². The van der Waals surface area contributed by atoms with Gasteiger partial charge in [-0.25, -0.2) is 8.42 Å². The van der Waals surface area contributed by atoms with Crippen LogP contribution in [0.2, 0.25) is 0 Å². The van der Waals surface area contributed by atoms with E-state index in [-0.39, 0.29) is 17.5 Å². The van der Waals surface area contributed by atoms with Gasteiger partial charge in [-0.1, -0.05) is 0 Å². The fourth-order valence-electron chi connectivity index (χ4n) is 2.00. The Hall–Kier alpha value is -2.59. The molecular formula is C14H16N4O5S. The molecule has 128 valence electrons. The third kappa shape index (κ3) is 3.66. The van der Waals surface area contributed by atoms with Gasteiger partial charge in [0.05, 0.1) is 11.5 Å². The van der Waals surface area contributed by atoms with Crippen LogP contribution in [0.25, 0.3) is 0 Å². The summed E-state index contributed by atoms with van der Waals surface area (Å²) in [5, 5.41) is 10.7. The number of nitrogens with zero attached hydrogens (tertiary/aromatic N) is 2. The molecule has 0 amide bonds. The molecule has 0 saturated carbocycles. The molecule has 1 aromatic heterocycles. The first kappa shape index (κ1) is 16.3. The number of aromatic nitrogens is 2. The minimum Gasteiger partial charge on any atom is -0.454 e. The second-order valence-corrected chi connectivity index (χ2v) is 6.53. The largest absolute Gasteiger partial charge is 0.454 e. The van der Waals surface area contributed by atoms with Crippen LogP contribution < -0.4 is 19.5 Å². The third-order valence-electron chi connectivity index (χ3n) is 3.17. The van der Waals surface area contributed by atoms with Crippen molar-refractivity contribution in [2.24, 2.45) is 0 Å². The van der Waals surface area contributed by atoms with Crippen molar-refractivity contribution in [1.29, 1.82) is 0 Å². The van der Waals surface area contributed by atoms with E-state index in [0.717, 1.165) is 0 Å². The Bertz CT molecular complexity index is 810. The highest BCUT2D eigenvalue weighted by atomic mass is 32.2. The SMILES string of the molecule is COCCNc1ccc(NS(=O)(=O)c2ccc3c(c2)OCO3)nn1. The number of sulfonamides is 1. The number of ether oxygens (including phenoxy) is 3. The summed E-state index contributed by atoms with van der Waals surface area (Å²) in [6.07, 6.45) is 0. The quantitative estimate of drug-likeness (QED) is 0.712. The highest BCUT2D eigenvalue weighted by molar-refractivity contribution is 7.92. The molecule has 0 atom stereocenters. The highest BCUT2D eigenvalue weighted by Crippen LogP contribution is 2.34. The molecule has 0 radical (unpaired) electrons. The first-order valence-electron chi connectivity index (χ1n) is 7.07. The maximum atomic E-state index is 12.4. The normalized spacial score (nSPS) is 12.9.